The highest BCUT2D eigenvalue weighted by atomic mass is 16.5. The average Bonchev–Trinajstić information content (AvgIpc) is 3.31. The van der Waals surface area contributed by atoms with Crippen molar-refractivity contribution in [3.8, 4) is 34.3 Å². The maximum Gasteiger partial charge on any atom is 0.151 e. The third-order valence-corrected chi connectivity index (χ3v) is 6.36. The molecule has 172 valence electrons. The fraction of sp³-hybridized carbons (Fsp3) is 0.103. The lowest BCUT2D eigenvalue weighted by atomic mass is 10.1. The maximum atomic E-state index is 6.03. The van der Waals surface area contributed by atoms with E-state index >= 15 is 0 Å². The number of imidazole rings is 1. The van der Waals surface area contributed by atoms with Crippen molar-refractivity contribution in [1.29, 1.82) is 0 Å². The first-order valence-electron chi connectivity index (χ1n) is 11.3. The molecule has 6 nitrogen and oxygen atoms in total. The molecule has 0 atom stereocenters. The topological polar surface area (TPSA) is 58.4 Å². The van der Waals surface area contributed by atoms with Crippen molar-refractivity contribution in [2.45, 2.75) is 0 Å². The summed E-state index contributed by atoms with van der Waals surface area (Å²) in [4.78, 5) is 9.43. The van der Waals surface area contributed by atoms with Crippen molar-refractivity contribution in [2.75, 3.05) is 21.3 Å². The van der Waals surface area contributed by atoms with Gasteiger partial charge in [0.05, 0.1) is 38.1 Å². The van der Waals surface area contributed by atoms with E-state index in [1.54, 1.807) is 27.5 Å². The third-order valence-electron chi connectivity index (χ3n) is 6.36. The average molecular weight is 462 g/mol. The van der Waals surface area contributed by atoms with Gasteiger partial charge in [-0.2, -0.15) is 0 Å². The standard InChI is InChI=1S/C29H23N3O3/c1-33-25-15-23-27(21-12-6-4-10-19(21)25)32(29(31-23)18-9-8-14-30-17-18)24-16-26(34-2)20-11-5-7-13-22(20)28(24)35-3/h4-17H,1-3H3. The van der Waals surface area contributed by atoms with Crippen LogP contribution in [-0.4, -0.2) is 35.9 Å². The molecule has 0 fully saturated rings. The highest BCUT2D eigenvalue weighted by molar-refractivity contribution is 6.10. The van der Waals surface area contributed by atoms with E-state index in [1.165, 1.54) is 0 Å². The highest BCUT2D eigenvalue weighted by Crippen LogP contribution is 2.44. The van der Waals surface area contributed by atoms with Gasteiger partial charge in [0.25, 0.3) is 0 Å². The minimum atomic E-state index is 0.741. The molecule has 0 aliphatic rings. The van der Waals surface area contributed by atoms with Crippen LogP contribution in [0.25, 0.3) is 49.7 Å². The SMILES string of the molecule is COc1cc(-n2c(-c3cccnc3)nc3cc(OC)c4ccccc4c32)c(OC)c2ccccc12. The Morgan fingerprint density at radius 3 is 2.00 bits per heavy atom. The molecule has 0 radical (unpaired) electrons. The second-order valence-corrected chi connectivity index (χ2v) is 8.18. The molecule has 0 aliphatic heterocycles. The third kappa shape index (κ3) is 3.18. The van der Waals surface area contributed by atoms with E-state index in [1.807, 2.05) is 66.9 Å². The number of hydrogen-bond donors (Lipinski definition) is 0. The van der Waals surface area contributed by atoms with Gasteiger partial charge in [-0.15, -0.1) is 0 Å². The predicted molar refractivity (Wildman–Crippen MR) is 139 cm³/mol. The lowest BCUT2D eigenvalue weighted by molar-refractivity contribution is 0.409. The monoisotopic (exact) mass is 461 g/mol. The summed E-state index contributed by atoms with van der Waals surface area (Å²) in [5, 5.41) is 3.97. The molecular formula is C29H23N3O3. The summed E-state index contributed by atoms with van der Waals surface area (Å²) in [6.45, 7) is 0. The number of methoxy groups -OCH3 is 3. The Balaban J connectivity index is 1.84. The number of rotatable bonds is 5. The Labute approximate surface area is 202 Å². The van der Waals surface area contributed by atoms with Crippen molar-refractivity contribution in [3.63, 3.8) is 0 Å². The predicted octanol–water partition coefficient (Wildman–Crippen LogP) is 6.42. The molecule has 0 N–H and O–H groups in total. The molecule has 2 heterocycles. The van der Waals surface area contributed by atoms with Crippen molar-refractivity contribution in [3.05, 3.63) is 85.2 Å². The zero-order chi connectivity index (χ0) is 23.9. The summed E-state index contributed by atoms with van der Waals surface area (Å²) >= 11 is 0. The fourth-order valence-electron chi connectivity index (χ4n) is 4.85. The molecular weight excluding hydrogens is 438 g/mol. The van der Waals surface area contributed by atoms with Gasteiger partial charge in [-0.05, 0) is 12.1 Å². The Bertz CT molecular complexity index is 1710. The van der Waals surface area contributed by atoms with Crippen LogP contribution in [0.4, 0.5) is 0 Å². The second-order valence-electron chi connectivity index (χ2n) is 8.18. The number of fused-ring (bicyclic) bond motifs is 4. The van der Waals surface area contributed by atoms with E-state index < -0.39 is 0 Å². The first-order chi connectivity index (χ1) is 17.2. The van der Waals surface area contributed by atoms with Crippen molar-refractivity contribution >= 4 is 32.6 Å². The van der Waals surface area contributed by atoms with Crippen LogP contribution in [-0.2, 0) is 0 Å². The van der Waals surface area contributed by atoms with Crippen LogP contribution in [0.5, 0.6) is 17.2 Å². The Morgan fingerprint density at radius 2 is 1.34 bits per heavy atom. The molecule has 6 aromatic rings. The fourth-order valence-corrected chi connectivity index (χ4v) is 4.85. The molecule has 2 aromatic heterocycles. The lowest BCUT2D eigenvalue weighted by Gasteiger charge is -2.18. The largest absolute Gasteiger partial charge is 0.496 e. The van der Waals surface area contributed by atoms with Crippen LogP contribution < -0.4 is 14.2 Å². The van der Waals surface area contributed by atoms with Gasteiger partial charge in [0, 0.05) is 51.6 Å². The number of ether oxygens (including phenoxy) is 3. The van der Waals surface area contributed by atoms with Gasteiger partial charge in [-0.1, -0.05) is 48.5 Å². The molecule has 4 aromatic carbocycles. The van der Waals surface area contributed by atoms with E-state index in [-0.39, 0.29) is 0 Å². The normalized spacial score (nSPS) is 11.3. The number of benzene rings is 4. The van der Waals surface area contributed by atoms with Crippen LogP contribution in [0.1, 0.15) is 0 Å². The van der Waals surface area contributed by atoms with E-state index in [0.29, 0.717) is 0 Å². The van der Waals surface area contributed by atoms with E-state index in [9.17, 15) is 0 Å². The minimum absolute atomic E-state index is 0.741. The zero-order valence-corrected chi connectivity index (χ0v) is 19.6. The van der Waals surface area contributed by atoms with E-state index in [4.69, 9.17) is 19.2 Å². The highest BCUT2D eigenvalue weighted by Gasteiger charge is 2.23. The molecule has 6 heteroatoms. The molecule has 0 unspecified atom stereocenters. The lowest BCUT2D eigenvalue weighted by Crippen LogP contribution is -2.03. The van der Waals surface area contributed by atoms with Gasteiger partial charge in [-0.3, -0.25) is 9.55 Å². The molecule has 35 heavy (non-hydrogen) atoms. The minimum Gasteiger partial charge on any atom is -0.496 e. The first-order valence-corrected chi connectivity index (χ1v) is 11.3. The van der Waals surface area contributed by atoms with Crippen LogP contribution >= 0.6 is 0 Å². The molecule has 0 bridgehead atoms. The van der Waals surface area contributed by atoms with Crippen molar-refractivity contribution in [1.82, 2.24) is 14.5 Å². The summed E-state index contributed by atoms with van der Waals surface area (Å²) in [5.41, 5.74) is 3.49. The smallest absolute Gasteiger partial charge is 0.151 e. The molecule has 0 spiro atoms. The molecule has 0 aliphatic carbocycles. The second kappa shape index (κ2) is 8.33. The van der Waals surface area contributed by atoms with Crippen LogP contribution in [0, 0.1) is 0 Å². The van der Waals surface area contributed by atoms with Gasteiger partial charge in [0.2, 0.25) is 0 Å². The van der Waals surface area contributed by atoms with Gasteiger partial charge < -0.3 is 14.2 Å². The number of pyridine rings is 1. The van der Waals surface area contributed by atoms with Crippen molar-refractivity contribution in [2.24, 2.45) is 0 Å². The Hall–Kier alpha value is -4.58. The van der Waals surface area contributed by atoms with Gasteiger partial charge in [0.15, 0.2) is 5.75 Å². The van der Waals surface area contributed by atoms with Crippen molar-refractivity contribution < 1.29 is 14.2 Å². The first kappa shape index (κ1) is 21.0. The van der Waals surface area contributed by atoms with Crippen LogP contribution in [0.2, 0.25) is 0 Å². The van der Waals surface area contributed by atoms with Crippen LogP contribution in [0.15, 0.2) is 85.2 Å². The Kier molecular flexibility index (Phi) is 4.99. The number of nitrogens with zero attached hydrogens (tertiary/aromatic N) is 3. The summed E-state index contributed by atoms with van der Waals surface area (Å²) in [6, 6.07) is 24.2. The maximum absolute atomic E-state index is 6.03. The summed E-state index contributed by atoms with van der Waals surface area (Å²) in [6.07, 6.45) is 3.58. The molecule has 0 amide bonds. The molecule has 0 saturated carbocycles. The van der Waals surface area contributed by atoms with Gasteiger partial charge in [0.1, 0.15) is 17.3 Å². The van der Waals surface area contributed by atoms with Crippen LogP contribution in [0.3, 0.4) is 0 Å². The Morgan fingerprint density at radius 1 is 0.686 bits per heavy atom. The van der Waals surface area contributed by atoms with E-state index in [2.05, 4.69) is 21.7 Å². The van der Waals surface area contributed by atoms with Gasteiger partial charge >= 0.3 is 0 Å². The molecule has 6 rings (SSSR count). The molecule has 0 saturated heterocycles. The summed E-state index contributed by atoms with van der Waals surface area (Å²) in [7, 11) is 5.07. The summed E-state index contributed by atoms with van der Waals surface area (Å²) < 4.78 is 19.7. The summed E-state index contributed by atoms with van der Waals surface area (Å²) in [5.74, 6) is 3.03. The van der Waals surface area contributed by atoms with E-state index in [0.717, 1.165) is 66.9 Å². The quantitative estimate of drug-likeness (QED) is 0.297. The number of aromatic nitrogens is 3. The zero-order valence-electron chi connectivity index (χ0n) is 19.6. The van der Waals surface area contributed by atoms with Gasteiger partial charge in [-0.25, -0.2) is 4.98 Å². The number of hydrogen-bond acceptors (Lipinski definition) is 5.